The molecule has 46 heavy (non-hydrogen) atoms. The largest absolute Gasteiger partial charge is 0.323 e. The van der Waals surface area contributed by atoms with Gasteiger partial charge in [0.25, 0.3) is 11.8 Å². The molecule has 0 aromatic heterocycles. The number of amides is 3. The van der Waals surface area contributed by atoms with Crippen LogP contribution < -0.4 is 16.0 Å². The molecule has 1 atom stereocenters. The Hall–Kier alpha value is -4.53. The van der Waals surface area contributed by atoms with Gasteiger partial charge in [-0.1, -0.05) is 95.5 Å². The number of nitrogens with one attached hydrogen (secondary N) is 3. The van der Waals surface area contributed by atoms with Crippen LogP contribution in [0.1, 0.15) is 26.7 Å². The van der Waals surface area contributed by atoms with Gasteiger partial charge in [-0.25, -0.2) is 0 Å². The van der Waals surface area contributed by atoms with Crippen LogP contribution in [0.2, 0.25) is 15.1 Å². The number of rotatable bonds is 10. The number of hydrogen-bond donors (Lipinski definition) is 3. The van der Waals surface area contributed by atoms with Gasteiger partial charge in [-0.15, -0.1) is 11.8 Å². The summed E-state index contributed by atoms with van der Waals surface area (Å²) >= 11 is 19.7. The molecule has 0 bridgehead atoms. The predicted octanol–water partition coefficient (Wildman–Crippen LogP) is 9.53. The fraction of sp³-hybridized carbons (Fsp3) is 0.0278. The van der Waals surface area contributed by atoms with E-state index < -0.39 is 17.1 Å². The maximum absolute atomic E-state index is 13.5. The Morgan fingerprint density at radius 2 is 1.30 bits per heavy atom. The van der Waals surface area contributed by atoms with E-state index in [-0.39, 0.29) is 11.6 Å². The van der Waals surface area contributed by atoms with Crippen molar-refractivity contribution in [3.8, 4) is 0 Å². The Morgan fingerprint density at radius 3 is 1.96 bits per heavy atom. The summed E-state index contributed by atoms with van der Waals surface area (Å²) in [4.78, 5) is 40.6. The minimum absolute atomic E-state index is 0.0521. The van der Waals surface area contributed by atoms with Crippen molar-refractivity contribution in [2.24, 2.45) is 0 Å². The molecule has 0 aliphatic rings. The Morgan fingerprint density at radius 1 is 0.674 bits per heavy atom. The number of thioether (sulfide) groups is 1. The molecule has 6 nitrogen and oxygen atoms in total. The molecule has 5 aromatic carbocycles. The van der Waals surface area contributed by atoms with E-state index in [9.17, 15) is 14.4 Å². The summed E-state index contributed by atoms with van der Waals surface area (Å²) in [5, 5.41) is 9.22. The van der Waals surface area contributed by atoms with Crippen LogP contribution in [-0.4, -0.2) is 17.7 Å². The van der Waals surface area contributed by atoms with E-state index in [1.165, 1.54) is 11.8 Å². The predicted molar refractivity (Wildman–Crippen MR) is 189 cm³/mol. The normalized spacial score (nSPS) is 11.8. The van der Waals surface area contributed by atoms with Crippen molar-refractivity contribution in [1.29, 1.82) is 0 Å². The second-order valence-electron chi connectivity index (χ2n) is 9.93. The highest BCUT2D eigenvalue weighted by atomic mass is 35.5. The minimum Gasteiger partial charge on any atom is -0.323 e. The van der Waals surface area contributed by atoms with Crippen LogP contribution in [0.3, 0.4) is 0 Å². The van der Waals surface area contributed by atoms with E-state index in [1.54, 1.807) is 91.0 Å². The zero-order valence-corrected chi connectivity index (χ0v) is 27.1. The smallest absolute Gasteiger partial charge is 0.272 e. The summed E-state index contributed by atoms with van der Waals surface area (Å²) in [5.41, 5.74) is 2.90. The van der Waals surface area contributed by atoms with Gasteiger partial charge in [0.2, 0.25) is 5.91 Å². The summed E-state index contributed by atoms with van der Waals surface area (Å²) in [6.45, 7) is 0. The van der Waals surface area contributed by atoms with Crippen LogP contribution in [0.5, 0.6) is 0 Å². The number of benzene rings is 5. The summed E-state index contributed by atoms with van der Waals surface area (Å²) in [5.74, 6) is -1.20. The standard InChI is InChI=1S/C36H26Cl3N3O3S/c37-26-13-11-23(12-14-26)21-32(42-34(43)25-9-5-2-6-10-25)35(44)40-28-16-18-29(19-17-28)46-33(24-7-3-1-4-8-24)36(45)41-31-20-15-27(38)22-30(31)39/h1-22,33H,(H,40,44)(H,41,45)(H,42,43)/b32-21-. The SMILES string of the molecule is O=C(Nc1ccc(SC(C(=O)Nc2ccc(Cl)cc2Cl)c2ccccc2)cc1)/C(=C/c1ccc(Cl)cc1)NC(=O)c1ccccc1. The lowest BCUT2D eigenvalue weighted by atomic mass is 10.1. The molecule has 3 N–H and O–H groups in total. The topological polar surface area (TPSA) is 87.3 Å². The number of carbonyl (C=O) groups is 3. The van der Waals surface area contributed by atoms with Crippen molar-refractivity contribution in [2.45, 2.75) is 10.1 Å². The van der Waals surface area contributed by atoms with Crippen LogP contribution in [-0.2, 0) is 9.59 Å². The van der Waals surface area contributed by atoms with E-state index in [2.05, 4.69) is 16.0 Å². The van der Waals surface area contributed by atoms with Crippen LogP contribution >= 0.6 is 46.6 Å². The lowest BCUT2D eigenvalue weighted by Crippen LogP contribution is -2.30. The summed E-state index contributed by atoms with van der Waals surface area (Å²) in [6, 6.07) is 36.9. The fourth-order valence-corrected chi connectivity index (χ4v) is 5.92. The molecule has 3 amide bonds. The van der Waals surface area contributed by atoms with E-state index in [0.29, 0.717) is 37.6 Å². The highest BCUT2D eigenvalue weighted by Gasteiger charge is 2.23. The lowest BCUT2D eigenvalue weighted by molar-refractivity contribution is -0.116. The van der Waals surface area contributed by atoms with Gasteiger partial charge in [-0.3, -0.25) is 14.4 Å². The van der Waals surface area contributed by atoms with Crippen LogP contribution in [0.25, 0.3) is 6.08 Å². The second kappa shape index (κ2) is 15.7. The van der Waals surface area contributed by atoms with Gasteiger partial charge in [0.1, 0.15) is 10.9 Å². The highest BCUT2D eigenvalue weighted by Crippen LogP contribution is 2.37. The van der Waals surface area contributed by atoms with Crippen LogP contribution in [0.4, 0.5) is 11.4 Å². The first-order valence-corrected chi connectivity index (χ1v) is 16.0. The summed E-state index contributed by atoms with van der Waals surface area (Å²) in [6.07, 6.45) is 1.58. The zero-order chi connectivity index (χ0) is 32.5. The molecule has 0 spiro atoms. The first-order chi connectivity index (χ1) is 22.2. The van der Waals surface area contributed by atoms with Crippen molar-refractivity contribution in [1.82, 2.24) is 5.32 Å². The fourth-order valence-electron chi connectivity index (χ4n) is 4.31. The summed E-state index contributed by atoms with van der Waals surface area (Å²) in [7, 11) is 0. The zero-order valence-electron chi connectivity index (χ0n) is 24.0. The van der Waals surface area contributed by atoms with Crippen molar-refractivity contribution in [3.63, 3.8) is 0 Å². The van der Waals surface area contributed by atoms with Gasteiger partial charge in [0, 0.05) is 26.2 Å². The Kier molecular flexibility index (Phi) is 11.2. The number of halogens is 3. The van der Waals surface area contributed by atoms with Crippen LogP contribution in [0.15, 0.2) is 138 Å². The lowest BCUT2D eigenvalue weighted by Gasteiger charge is -2.18. The number of carbonyl (C=O) groups excluding carboxylic acids is 3. The molecular weight excluding hydrogens is 661 g/mol. The van der Waals surface area contributed by atoms with Crippen molar-refractivity contribution >= 4 is 81.7 Å². The first-order valence-electron chi connectivity index (χ1n) is 14.0. The van der Waals surface area contributed by atoms with Crippen LogP contribution in [0, 0.1) is 0 Å². The van der Waals surface area contributed by atoms with E-state index in [4.69, 9.17) is 34.8 Å². The maximum Gasteiger partial charge on any atom is 0.272 e. The van der Waals surface area contributed by atoms with Gasteiger partial charge in [0.15, 0.2) is 0 Å². The third-order valence-corrected chi connectivity index (χ3v) is 8.67. The Balaban J connectivity index is 1.33. The van der Waals surface area contributed by atoms with E-state index in [0.717, 1.165) is 10.5 Å². The average molecular weight is 687 g/mol. The molecule has 0 fully saturated rings. The maximum atomic E-state index is 13.5. The molecule has 0 radical (unpaired) electrons. The third-order valence-electron chi connectivity index (χ3n) is 6.61. The molecule has 0 saturated carbocycles. The molecule has 5 rings (SSSR count). The van der Waals surface area contributed by atoms with Gasteiger partial charge in [-0.05, 0) is 83.9 Å². The molecule has 0 heterocycles. The van der Waals surface area contributed by atoms with Gasteiger partial charge >= 0.3 is 0 Å². The summed E-state index contributed by atoms with van der Waals surface area (Å²) < 4.78 is 0. The van der Waals surface area contributed by atoms with Crippen molar-refractivity contribution < 1.29 is 14.4 Å². The number of hydrogen-bond acceptors (Lipinski definition) is 4. The molecular formula is C36H26Cl3N3O3S. The molecule has 5 aromatic rings. The first kappa shape index (κ1) is 32.9. The molecule has 0 saturated heterocycles. The highest BCUT2D eigenvalue weighted by molar-refractivity contribution is 8.00. The number of anilines is 2. The molecule has 10 heteroatoms. The monoisotopic (exact) mass is 685 g/mol. The molecule has 0 aliphatic carbocycles. The van der Waals surface area contributed by atoms with Gasteiger partial charge in [0.05, 0.1) is 10.7 Å². The molecule has 1 unspecified atom stereocenters. The second-order valence-corrected chi connectivity index (χ2v) is 12.4. The molecule has 0 aliphatic heterocycles. The average Bonchev–Trinajstić information content (AvgIpc) is 3.07. The quantitative estimate of drug-likeness (QED) is 0.101. The van der Waals surface area contributed by atoms with Crippen molar-refractivity contribution in [2.75, 3.05) is 10.6 Å². The molecule has 230 valence electrons. The Bertz CT molecular complexity index is 1870. The third kappa shape index (κ3) is 9.02. The van der Waals surface area contributed by atoms with E-state index >= 15 is 0 Å². The van der Waals surface area contributed by atoms with Gasteiger partial charge in [-0.2, -0.15) is 0 Å². The van der Waals surface area contributed by atoms with E-state index in [1.807, 2.05) is 42.5 Å². The Labute approximate surface area is 285 Å². The van der Waals surface area contributed by atoms with Gasteiger partial charge < -0.3 is 16.0 Å². The van der Waals surface area contributed by atoms with Crippen molar-refractivity contribution in [3.05, 3.63) is 165 Å². The minimum atomic E-state index is -0.601.